The summed E-state index contributed by atoms with van der Waals surface area (Å²) in [5.41, 5.74) is -2.75. The lowest BCUT2D eigenvalue weighted by molar-refractivity contribution is -0.138. The van der Waals surface area contributed by atoms with Gasteiger partial charge in [-0.05, 0) is 61.9 Å². The van der Waals surface area contributed by atoms with Crippen LogP contribution in [0.3, 0.4) is 0 Å². The SMILES string of the molecule is Cc1cc(C)c2c(c1)C(=O)C(COC(=O)c1cccc(C(F)(F)F)c1)(COC(=O)c1cccc(C(F)(F)F)c1)CS2. The Bertz CT molecular complexity index is 1440. The number of benzene rings is 3. The van der Waals surface area contributed by atoms with Gasteiger partial charge in [-0.3, -0.25) is 4.79 Å². The van der Waals surface area contributed by atoms with Crippen LogP contribution in [0.2, 0.25) is 0 Å². The summed E-state index contributed by atoms with van der Waals surface area (Å²) in [6, 6.07) is 10.6. The molecule has 216 valence electrons. The van der Waals surface area contributed by atoms with E-state index in [4.69, 9.17) is 9.47 Å². The summed E-state index contributed by atoms with van der Waals surface area (Å²) in [6.45, 7) is 2.26. The maximum absolute atomic E-state index is 13.8. The van der Waals surface area contributed by atoms with Crippen molar-refractivity contribution in [3.63, 3.8) is 0 Å². The number of hydrogen-bond acceptors (Lipinski definition) is 6. The molecular weight excluding hydrogens is 574 g/mol. The molecule has 1 aliphatic rings. The van der Waals surface area contributed by atoms with Crippen molar-refractivity contribution in [2.75, 3.05) is 19.0 Å². The summed E-state index contributed by atoms with van der Waals surface area (Å²) in [7, 11) is 0. The quantitative estimate of drug-likeness (QED) is 0.219. The monoisotopic (exact) mass is 596 g/mol. The first-order valence-corrected chi connectivity index (χ1v) is 13.1. The minimum Gasteiger partial charge on any atom is -0.461 e. The van der Waals surface area contributed by atoms with Crippen molar-refractivity contribution in [3.05, 3.63) is 99.6 Å². The Morgan fingerprint density at radius 1 is 0.805 bits per heavy atom. The normalized spacial score (nSPS) is 14.8. The van der Waals surface area contributed by atoms with Gasteiger partial charge >= 0.3 is 24.3 Å². The second-order valence-electron chi connectivity index (χ2n) is 9.67. The third kappa shape index (κ3) is 6.58. The highest BCUT2D eigenvalue weighted by atomic mass is 32.2. The van der Waals surface area contributed by atoms with Crippen molar-refractivity contribution in [2.24, 2.45) is 5.41 Å². The van der Waals surface area contributed by atoms with Crippen molar-refractivity contribution in [1.29, 1.82) is 0 Å². The Balaban J connectivity index is 1.62. The lowest BCUT2D eigenvalue weighted by Crippen LogP contribution is -2.46. The molecule has 0 spiro atoms. The molecule has 0 fully saturated rings. The second-order valence-corrected chi connectivity index (χ2v) is 10.7. The number of ether oxygens (including phenoxy) is 2. The molecule has 1 aliphatic heterocycles. The van der Waals surface area contributed by atoms with Crippen LogP contribution in [-0.4, -0.2) is 36.7 Å². The molecule has 0 radical (unpaired) electrons. The number of rotatable bonds is 6. The number of aryl methyl sites for hydroxylation is 2. The highest BCUT2D eigenvalue weighted by Crippen LogP contribution is 2.43. The van der Waals surface area contributed by atoms with Gasteiger partial charge in [0.1, 0.15) is 18.6 Å². The van der Waals surface area contributed by atoms with Gasteiger partial charge in [0.2, 0.25) is 0 Å². The molecule has 1 heterocycles. The molecule has 0 unspecified atom stereocenters. The van der Waals surface area contributed by atoms with E-state index in [9.17, 15) is 40.7 Å². The van der Waals surface area contributed by atoms with Gasteiger partial charge in [-0.2, -0.15) is 26.3 Å². The van der Waals surface area contributed by atoms with Crippen molar-refractivity contribution in [3.8, 4) is 0 Å². The molecule has 0 amide bonds. The molecule has 3 aromatic rings. The van der Waals surface area contributed by atoms with Crippen LogP contribution in [0.25, 0.3) is 0 Å². The van der Waals surface area contributed by atoms with E-state index in [2.05, 4.69) is 0 Å². The fourth-order valence-electron chi connectivity index (χ4n) is 4.35. The Hall–Kier alpha value is -3.80. The molecule has 0 bridgehead atoms. The summed E-state index contributed by atoms with van der Waals surface area (Å²) in [5.74, 6) is -2.84. The van der Waals surface area contributed by atoms with Crippen LogP contribution in [0.5, 0.6) is 0 Å². The highest BCUT2D eigenvalue weighted by molar-refractivity contribution is 7.99. The molecule has 12 heteroatoms. The third-order valence-electron chi connectivity index (χ3n) is 6.45. The van der Waals surface area contributed by atoms with E-state index in [1.807, 2.05) is 6.07 Å². The van der Waals surface area contributed by atoms with Crippen LogP contribution in [-0.2, 0) is 21.8 Å². The number of carbonyl (C=O) groups excluding carboxylic acids is 3. The average Bonchev–Trinajstić information content (AvgIpc) is 2.91. The largest absolute Gasteiger partial charge is 0.461 e. The van der Waals surface area contributed by atoms with Crippen molar-refractivity contribution < 1.29 is 50.2 Å². The van der Waals surface area contributed by atoms with Crippen LogP contribution in [0, 0.1) is 19.3 Å². The Kier molecular flexibility index (Phi) is 8.26. The Labute approximate surface area is 234 Å². The zero-order valence-corrected chi connectivity index (χ0v) is 22.4. The number of esters is 2. The summed E-state index contributed by atoms with van der Waals surface area (Å²) in [4.78, 5) is 40.0. The molecule has 0 aliphatic carbocycles. The van der Waals surface area contributed by atoms with Crippen LogP contribution in [0.4, 0.5) is 26.3 Å². The van der Waals surface area contributed by atoms with Gasteiger partial charge < -0.3 is 9.47 Å². The first-order chi connectivity index (χ1) is 19.1. The maximum Gasteiger partial charge on any atom is 0.416 e. The van der Waals surface area contributed by atoms with Crippen LogP contribution in [0.15, 0.2) is 65.6 Å². The fraction of sp³-hybridized carbons (Fsp3) is 0.276. The van der Waals surface area contributed by atoms with E-state index in [-0.39, 0.29) is 11.3 Å². The van der Waals surface area contributed by atoms with E-state index >= 15 is 0 Å². The lowest BCUT2D eigenvalue weighted by atomic mass is 9.82. The van der Waals surface area contributed by atoms with E-state index in [0.29, 0.717) is 17.0 Å². The molecule has 0 aromatic heterocycles. The maximum atomic E-state index is 13.8. The predicted molar refractivity (Wildman–Crippen MR) is 137 cm³/mol. The summed E-state index contributed by atoms with van der Waals surface area (Å²) in [6.07, 6.45) is -9.41. The minimum atomic E-state index is -4.70. The summed E-state index contributed by atoms with van der Waals surface area (Å²) >= 11 is 1.24. The van der Waals surface area contributed by atoms with Gasteiger partial charge in [0.25, 0.3) is 0 Å². The minimum absolute atomic E-state index is 0.0333. The molecule has 0 saturated carbocycles. The van der Waals surface area contributed by atoms with Crippen LogP contribution < -0.4 is 0 Å². The molecule has 41 heavy (non-hydrogen) atoms. The van der Waals surface area contributed by atoms with Crippen LogP contribution in [0.1, 0.15) is 53.3 Å². The number of ketones is 1. The zero-order chi connectivity index (χ0) is 30.2. The number of Topliss-reactive ketones (excluding diaryl/α,β-unsaturated/α-hetero) is 1. The topological polar surface area (TPSA) is 69.7 Å². The molecule has 5 nitrogen and oxygen atoms in total. The van der Waals surface area contributed by atoms with E-state index in [1.54, 1.807) is 19.9 Å². The van der Waals surface area contributed by atoms with Crippen molar-refractivity contribution in [1.82, 2.24) is 0 Å². The zero-order valence-electron chi connectivity index (χ0n) is 21.6. The molecule has 0 N–H and O–H groups in total. The third-order valence-corrected chi connectivity index (χ3v) is 7.98. The van der Waals surface area contributed by atoms with Crippen LogP contribution >= 0.6 is 11.8 Å². The van der Waals surface area contributed by atoms with Gasteiger partial charge in [-0.15, -0.1) is 11.8 Å². The summed E-state index contributed by atoms with van der Waals surface area (Å²) < 4.78 is 89.3. The fourth-order valence-corrected chi connectivity index (χ4v) is 5.66. The van der Waals surface area contributed by atoms with Gasteiger partial charge in [-0.1, -0.05) is 23.8 Å². The number of alkyl halides is 6. The van der Waals surface area contributed by atoms with Crippen molar-refractivity contribution in [2.45, 2.75) is 31.1 Å². The Morgan fingerprint density at radius 2 is 1.29 bits per heavy atom. The van der Waals surface area contributed by atoms with Gasteiger partial charge in [0.05, 0.1) is 22.3 Å². The lowest BCUT2D eigenvalue weighted by Gasteiger charge is -2.35. The standard InChI is InChI=1S/C29H22F6O5S/c1-16-9-17(2)23-22(10-16)24(36)27(15-41-23,13-39-25(37)18-5-3-7-20(11-18)28(30,31)32)14-40-26(38)19-6-4-8-21(12-19)29(33,34)35/h3-12H,13-15H2,1-2H3. The molecule has 3 aromatic carbocycles. The smallest absolute Gasteiger partial charge is 0.416 e. The molecule has 4 rings (SSSR count). The van der Waals surface area contributed by atoms with Crippen molar-refractivity contribution >= 4 is 29.5 Å². The van der Waals surface area contributed by atoms with E-state index in [1.165, 1.54) is 11.8 Å². The molecule has 0 saturated heterocycles. The van der Waals surface area contributed by atoms with Gasteiger partial charge in [0, 0.05) is 16.2 Å². The summed E-state index contributed by atoms with van der Waals surface area (Å²) in [5, 5.41) is 0. The highest BCUT2D eigenvalue weighted by Gasteiger charge is 2.46. The molecular formula is C29H22F6O5S. The Morgan fingerprint density at radius 3 is 1.76 bits per heavy atom. The van der Waals surface area contributed by atoms with E-state index in [0.717, 1.165) is 47.5 Å². The number of halogens is 6. The number of thioether (sulfide) groups is 1. The predicted octanol–water partition coefficient (Wildman–Crippen LogP) is 7.33. The number of hydrogen-bond donors (Lipinski definition) is 0. The second kappa shape index (κ2) is 11.2. The number of fused-ring (bicyclic) bond motifs is 1. The first kappa shape index (κ1) is 30.2. The van der Waals surface area contributed by atoms with Gasteiger partial charge in [-0.25, -0.2) is 9.59 Å². The first-order valence-electron chi connectivity index (χ1n) is 12.1. The van der Waals surface area contributed by atoms with E-state index < -0.39 is 71.0 Å². The average molecular weight is 597 g/mol. The van der Waals surface area contributed by atoms with Gasteiger partial charge in [0.15, 0.2) is 5.78 Å². The molecule has 0 atom stereocenters. The number of carbonyl (C=O) groups is 3.